The number of carbonyl (C=O) groups excluding carboxylic acids is 1. The Kier molecular flexibility index (Phi) is 4.71. The van der Waals surface area contributed by atoms with Crippen LogP contribution < -0.4 is 10.3 Å². The lowest BCUT2D eigenvalue weighted by molar-refractivity contribution is 0.0888. The van der Waals surface area contributed by atoms with Crippen LogP contribution in [-0.4, -0.2) is 61.3 Å². The molecule has 1 aromatic heterocycles. The van der Waals surface area contributed by atoms with E-state index in [-0.39, 0.29) is 11.7 Å². The lowest BCUT2D eigenvalue weighted by atomic mass is 10.1. The Hall–Kier alpha value is -2.54. The number of ether oxygens (including phenoxy) is 2. The van der Waals surface area contributed by atoms with Gasteiger partial charge in [0.05, 0.1) is 19.7 Å². The molecule has 0 atom stereocenters. The quantitative estimate of drug-likeness (QED) is 0.921. The Bertz CT molecular complexity index is 794. The van der Waals surface area contributed by atoms with Gasteiger partial charge < -0.3 is 19.4 Å². The second-order valence-electron chi connectivity index (χ2n) is 5.81. The van der Waals surface area contributed by atoms with Crippen LogP contribution in [0.5, 0.6) is 5.75 Å². The maximum atomic E-state index is 12.3. The summed E-state index contributed by atoms with van der Waals surface area (Å²) < 4.78 is 9.91. The van der Waals surface area contributed by atoms with Crippen molar-refractivity contribution < 1.29 is 14.3 Å². The van der Waals surface area contributed by atoms with Gasteiger partial charge in [-0.2, -0.15) is 0 Å². The van der Waals surface area contributed by atoms with Crippen molar-refractivity contribution >= 4 is 17.0 Å². The predicted octanol–water partition coefficient (Wildman–Crippen LogP) is 1.42. The van der Waals surface area contributed by atoms with Crippen molar-refractivity contribution in [1.29, 1.82) is 0 Å². The molecule has 128 valence electrons. The molecule has 1 N–H and O–H groups in total. The molecule has 0 aliphatic carbocycles. The first-order valence-electron chi connectivity index (χ1n) is 7.86. The number of methoxy groups -OCH3 is 2. The van der Waals surface area contributed by atoms with Gasteiger partial charge in [-0.25, -0.2) is 4.79 Å². The van der Waals surface area contributed by atoms with Gasteiger partial charge in [0, 0.05) is 44.4 Å². The molecule has 1 aromatic carbocycles. The predicted molar refractivity (Wildman–Crippen MR) is 90.4 cm³/mol. The summed E-state index contributed by atoms with van der Waals surface area (Å²) in [7, 11) is 2.99. The highest BCUT2D eigenvalue weighted by atomic mass is 16.5. The smallest absolute Gasteiger partial charge is 0.409 e. The number of amides is 1. The van der Waals surface area contributed by atoms with E-state index in [0.717, 1.165) is 29.6 Å². The molecular formula is C17H21N3O4. The first-order valence-corrected chi connectivity index (χ1v) is 7.86. The van der Waals surface area contributed by atoms with Gasteiger partial charge in [0.2, 0.25) is 0 Å². The van der Waals surface area contributed by atoms with Crippen LogP contribution in [0.15, 0.2) is 29.1 Å². The summed E-state index contributed by atoms with van der Waals surface area (Å²) >= 11 is 0. The fraction of sp³-hybridized carbons (Fsp3) is 0.412. The molecule has 1 aliphatic heterocycles. The number of rotatable bonds is 3. The van der Waals surface area contributed by atoms with E-state index in [0.29, 0.717) is 25.4 Å². The zero-order valence-corrected chi connectivity index (χ0v) is 13.9. The number of nitrogens with zero attached hydrogens (tertiary/aromatic N) is 2. The number of benzene rings is 1. The standard InChI is InChI=1S/C17H21N3O4/c1-23-14-4-3-12-9-13(16(21)18-15(12)10-14)11-19-5-7-20(8-6-19)17(22)24-2/h3-4,9-10H,5-8,11H2,1-2H3,(H,18,21). The van der Waals surface area contributed by atoms with Crippen LogP contribution in [0.2, 0.25) is 0 Å². The van der Waals surface area contributed by atoms with E-state index < -0.39 is 0 Å². The van der Waals surface area contributed by atoms with Gasteiger partial charge in [0.15, 0.2) is 0 Å². The van der Waals surface area contributed by atoms with Crippen molar-refractivity contribution in [3.63, 3.8) is 0 Å². The molecule has 1 amide bonds. The number of hydrogen-bond acceptors (Lipinski definition) is 5. The number of aromatic amines is 1. The zero-order chi connectivity index (χ0) is 17.1. The average molecular weight is 331 g/mol. The molecule has 0 spiro atoms. The minimum Gasteiger partial charge on any atom is -0.497 e. The van der Waals surface area contributed by atoms with E-state index in [9.17, 15) is 9.59 Å². The van der Waals surface area contributed by atoms with Gasteiger partial charge in [-0.3, -0.25) is 9.69 Å². The lowest BCUT2D eigenvalue weighted by Gasteiger charge is -2.33. The third kappa shape index (κ3) is 3.35. The number of hydrogen-bond donors (Lipinski definition) is 1. The maximum absolute atomic E-state index is 12.3. The average Bonchev–Trinajstić information content (AvgIpc) is 2.62. The maximum Gasteiger partial charge on any atom is 0.409 e. The van der Waals surface area contributed by atoms with Crippen molar-refractivity contribution in [2.75, 3.05) is 40.4 Å². The molecular weight excluding hydrogens is 310 g/mol. The SMILES string of the molecule is COC(=O)N1CCN(Cc2cc3ccc(OC)cc3[nH]c2=O)CC1. The van der Waals surface area contributed by atoms with Crippen LogP contribution in [0.4, 0.5) is 4.79 Å². The van der Waals surface area contributed by atoms with Crippen molar-refractivity contribution in [3.8, 4) is 5.75 Å². The summed E-state index contributed by atoms with van der Waals surface area (Å²) in [6, 6.07) is 7.54. The van der Waals surface area contributed by atoms with E-state index in [2.05, 4.69) is 9.88 Å². The summed E-state index contributed by atoms with van der Waals surface area (Å²) in [4.78, 5) is 30.6. The Labute approximate surface area is 139 Å². The topological polar surface area (TPSA) is 74.9 Å². The molecule has 7 nitrogen and oxygen atoms in total. The third-order valence-corrected chi connectivity index (χ3v) is 4.33. The van der Waals surface area contributed by atoms with Crippen LogP contribution in [0.3, 0.4) is 0 Å². The number of pyridine rings is 1. The largest absolute Gasteiger partial charge is 0.497 e. The van der Waals surface area contributed by atoms with E-state index >= 15 is 0 Å². The highest BCUT2D eigenvalue weighted by Crippen LogP contribution is 2.19. The normalized spacial score (nSPS) is 15.5. The van der Waals surface area contributed by atoms with Crippen LogP contribution in [0.1, 0.15) is 5.56 Å². The highest BCUT2D eigenvalue weighted by molar-refractivity contribution is 5.80. The van der Waals surface area contributed by atoms with Crippen LogP contribution >= 0.6 is 0 Å². The van der Waals surface area contributed by atoms with Crippen LogP contribution in [-0.2, 0) is 11.3 Å². The van der Waals surface area contributed by atoms with Crippen molar-refractivity contribution in [2.24, 2.45) is 0 Å². The highest BCUT2D eigenvalue weighted by Gasteiger charge is 2.22. The molecule has 0 radical (unpaired) electrons. The van der Waals surface area contributed by atoms with Gasteiger partial charge in [0.1, 0.15) is 5.75 Å². The van der Waals surface area contributed by atoms with Crippen molar-refractivity contribution in [3.05, 3.63) is 40.2 Å². The molecule has 3 rings (SSSR count). The van der Waals surface area contributed by atoms with Gasteiger partial charge in [-0.15, -0.1) is 0 Å². The summed E-state index contributed by atoms with van der Waals surface area (Å²) in [5.74, 6) is 0.713. The van der Waals surface area contributed by atoms with E-state index in [1.165, 1.54) is 7.11 Å². The fourth-order valence-corrected chi connectivity index (χ4v) is 2.93. The van der Waals surface area contributed by atoms with Crippen molar-refractivity contribution in [2.45, 2.75) is 6.54 Å². The number of H-pyrrole nitrogens is 1. The molecule has 0 bridgehead atoms. The number of carbonyl (C=O) groups is 1. The summed E-state index contributed by atoms with van der Waals surface area (Å²) in [6.45, 7) is 3.21. The monoisotopic (exact) mass is 331 g/mol. The van der Waals surface area contributed by atoms with Crippen molar-refractivity contribution in [1.82, 2.24) is 14.8 Å². The molecule has 0 unspecified atom stereocenters. The van der Waals surface area contributed by atoms with E-state index in [4.69, 9.17) is 9.47 Å². The number of nitrogens with one attached hydrogen (secondary N) is 1. The van der Waals surface area contributed by atoms with Gasteiger partial charge in [-0.05, 0) is 23.6 Å². The Morgan fingerprint density at radius 2 is 1.92 bits per heavy atom. The molecule has 7 heteroatoms. The number of fused-ring (bicyclic) bond motifs is 1. The number of aromatic nitrogens is 1. The Morgan fingerprint density at radius 3 is 2.58 bits per heavy atom. The third-order valence-electron chi connectivity index (χ3n) is 4.33. The molecule has 0 saturated carbocycles. The second-order valence-corrected chi connectivity index (χ2v) is 5.81. The molecule has 24 heavy (non-hydrogen) atoms. The van der Waals surface area contributed by atoms with Gasteiger partial charge in [-0.1, -0.05) is 0 Å². The Balaban J connectivity index is 1.73. The first-order chi connectivity index (χ1) is 11.6. The lowest BCUT2D eigenvalue weighted by Crippen LogP contribution is -2.48. The minimum absolute atomic E-state index is 0.0915. The molecule has 1 saturated heterocycles. The van der Waals surface area contributed by atoms with Crippen LogP contribution in [0, 0.1) is 0 Å². The molecule has 1 aliphatic rings. The molecule has 2 heterocycles. The van der Waals surface area contributed by atoms with E-state index in [1.807, 2.05) is 24.3 Å². The number of piperazine rings is 1. The second kappa shape index (κ2) is 6.92. The Morgan fingerprint density at radius 1 is 1.17 bits per heavy atom. The summed E-state index contributed by atoms with van der Waals surface area (Å²) in [6.07, 6.45) is -0.299. The minimum atomic E-state index is -0.299. The van der Waals surface area contributed by atoms with Gasteiger partial charge in [0.25, 0.3) is 5.56 Å². The van der Waals surface area contributed by atoms with Gasteiger partial charge >= 0.3 is 6.09 Å². The fourth-order valence-electron chi connectivity index (χ4n) is 2.93. The first kappa shape index (κ1) is 16.3. The summed E-state index contributed by atoms with van der Waals surface area (Å²) in [5.41, 5.74) is 1.39. The molecule has 2 aromatic rings. The molecule has 1 fully saturated rings. The summed E-state index contributed by atoms with van der Waals surface area (Å²) in [5, 5.41) is 0.971. The zero-order valence-electron chi connectivity index (χ0n) is 13.9. The van der Waals surface area contributed by atoms with E-state index in [1.54, 1.807) is 12.0 Å². The van der Waals surface area contributed by atoms with Crippen LogP contribution in [0.25, 0.3) is 10.9 Å².